The molecule has 2 heterocycles. The number of aromatic nitrogens is 3. The van der Waals surface area contributed by atoms with E-state index in [0.29, 0.717) is 22.6 Å². The molecule has 0 spiro atoms. The molecule has 1 N–H and O–H groups in total. The lowest BCUT2D eigenvalue weighted by Crippen LogP contribution is -2.36. The summed E-state index contributed by atoms with van der Waals surface area (Å²) in [5.74, 6) is -1.64. The Bertz CT molecular complexity index is 779. The first kappa shape index (κ1) is 19.9. The summed E-state index contributed by atoms with van der Waals surface area (Å²) in [5.41, 5.74) is 1.11. The highest BCUT2D eigenvalue weighted by Crippen LogP contribution is 2.40. The molecular formula is C17H22Cl2N4O2. The Labute approximate surface area is 157 Å². The van der Waals surface area contributed by atoms with Crippen molar-refractivity contribution in [3.63, 3.8) is 0 Å². The highest BCUT2D eigenvalue weighted by atomic mass is 35.5. The van der Waals surface area contributed by atoms with Gasteiger partial charge in [0.15, 0.2) is 11.4 Å². The van der Waals surface area contributed by atoms with Crippen LogP contribution >= 0.6 is 23.2 Å². The van der Waals surface area contributed by atoms with Crippen LogP contribution in [-0.4, -0.2) is 31.5 Å². The number of aliphatic hydroxyl groups is 1. The molecule has 136 valence electrons. The fourth-order valence-corrected chi connectivity index (χ4v) is 3.54. The van der Waals surface area contributed by atoms with Gasteiger partial charge in [-0.3, -0.25) is 0 Å². The number of hydrogen-bond acceptors (Lipinski definition) is 5. The molecule has 0 bridgehead atoms. The van der Waals surface area contributed by atoms with Gasteiger partial charge in [-0.2, -0.15) is 5.26 Å². The zero-order valence-electron chi connectivity index (χ0n) is 14.7. The quantitative estimate of drug-likeness (QED) is 0.627. The Hall–Kier alpha value is -1.39. The molecule has 0 saturated heterocycles. The molecule has 0 aliphatic heterocycles. The highest BCUT2D eigenvalue weighted by Gasteiger charge is 2.41. The molecule has 0 radical (unpaired) electrons. The van der Waals surface area contributed by atoms with Crippen molar-refractivity contribution in [3.8, 4) is 6.07 Å². The van der Waals surface area contributed by atoms with Gasteiger partial charge in [0.05, 0.1) is 35.5 Å². The minimum Gasteiger partial charge on any atom is -0.366 e. The molecule has 1 saturated carbocycles. The number of pyridine rings is 1. The molecule has 3 atom stereocenters. The maximum atomic E-state index is 9.99. The third kappa shape index (κ3) is 4.24. The summed E-state index contributed by atoms with van der Waals surface area (Å²) in [6.07, 6.45) is 2.56. The van der Waals surface area contributed by atoms with E-state index in [2.05, 4.69) is 16.0 Å². The van der Waals surface area contributed by atoms with E-state index in [9.17, 15) is 10.4 Å². The molecule has 3 rings (SSSR count). The molecule has 1 fully saturated rings. The summed E-state index contributed by atoms with van der Waals surface area (Å²) in [4.78, 5) is 8.60. The van der Waals surface area contributed by atoms with Crippen LogP contribution in [0.15, 0.2) is 12.4 Å². The minimum atomic E-state index is -1.33. The molecule has 25 heavy (non-hydrogen) atoms. The number of imidazole rings is 1. The maximum Gasteiger partial charge on any atom is 0.163 e. The monoisotopic (exact) mass is 384 g/mol. The average Bonchev–Trinajstić information content (AvgIpc) is 3.11. The SMILES string of the molecule is CC.CC(C)(O)O[C@H]1C(C#N)CCC1n1cnc2c(Cl)cc(Cl)nc21. The standard InChI is InChI=1S/C15H16Cl2N4O2.C2H6/c1-15(2,22)23-13-8(6-18)3-4-10(13)21-7-19-12-9(16)5-11(17)20-14(12)21;1-2/h5,7-8,10,13,22H,3-4H2,1-2H3;1-2H3/t8?,10?,13-;/m0./s1. The van der Waals surface area contributed by atoms with Gasteiger partial charge in [0.2, 0.25) is 0 Å². The molecule has 8 heteroatoms. The van der Waals surface area contributed by atoms with Gasteiger partial charge in [-0.15, -0.1) is 0 Å². The van der Waals surface area contributed by atoms with E-state index in [4.69, 9.17) is 27.9 Å². The Morgan fingerprint density at radius 2 is 2.04 bits per heavy atom. The van der Waals surface area contributed by atoms with Crippen LogP contribution in [0.1, 0.15) is 46.6 Å². The number of nitriles is 1. The van der Waals surface area contributed by atoms with Crippen LogP contribution in [0, 0.1) is 17.2 Å². The van der Waals surface area contributed by atoms with E-state index in [1.165, 1.54) is 0 Å². The highest BCUT2D eigenvalue weighted by molar-refractivity contribution is 6.37. The van der Waals surface area contributed by atoms with Crippen molar-refractivity contribution in [1.82, 2.24) is 14.5 Å². The zero-order valence-corrected chi connectivity index (χ0v) is 16.2. The molecule has 1 aliphatic rings. The maximum absolute atomic E-state index is 9.99. The number of halogens is 2. The lowest BCUT2D eigenvalue weighted by Gasteiger charge is -2.29. The second-order valence-electron chi connectivity index (χ2n) is 6.16. The summed E-state index contributed by atoms with van der Waals surface area (Å²) >= 11 is 12.2. The van der Waals surface area contributed by atoms with Crippen molar-refractivity contribution in [2.24, 2.45) is 5.92 Å². The van der Waals surface area contributed by atoms with Gasteiger partial charge < -0.3 is 14.4 Å². The first-order valence-electron chi connectivity index (χ1n) is 8.28. The lowest BCUT2D eigenvalue weighted by atomic mass is 10.1. The van der Waals surface area contributed by atoms with E-state index in [0.717, 1.165) is 6.42 Å². The van der Waals surface area contributed by atoms with Gasteiger partial charge in [-0.1, -0.05) is 37.0 Å². The smallest absolute Gasteiger partial charge is 0.163 e. The Balaban J connectivity index is 0.00000109. The van der Waals surface area contributed by atoms with Crippen LogP contribution in [0.25, 0.3) is 11.2 Å². The first-order valence-corrected chi connectivity index (χ1v) is 9.04. The normalized spacial score (nSPS) is 23.2. The van der Waals surface area contributed by atoms with Gasteiger partial charge in [-0.05, 0) is 32.8 Å². The summed E-state index contributed by atoms with van der Waals surface area (Å²) < 4.78 is 7.57. The van der Waals surface area contributed by atoms with Gasteiger partial charge in [0, 0.05) is 0 Å². The van der Waals surface area contributed by atoms with Gasteiger partial charge in [-0.25, -0.2) is 9.97 Å². The zero-order chi connectivity index (χ0) is 18.8. The number of hydrogen-bond donors (Lipinski definition) is 1. The molecular weight excluding hydrogens is 363 g/mol. The van der Waals surface area contributed by atoms with Crippen molar-refractivity contribution in [2.45, 2.75) is 58.5 Å². The first-order chi connectivity index (χ1) is 11.8. The predicted octanol–water partition coefficient (Wildman–Crippen LogP) is 4.35. The third-order valence-corrected chi connectivity index (χ3v) is 4.43. The van der Waals surface area contributed by atoms with E-state index < -0.39 is 11.9 Å². The summed E-state index contributed by atoms with van der Waals surface area (Å²) in [7, 11) is 0. The Morgan fingerprint density at radius 3 is 2.64 bits per heavy atom. The molecule has 2 unspecified atom stereocenters. The van der Waals surface area contributed by atoms with Crippen molar-refractivity contribution >= 4 is 34.4 Å². The van der Waals surface area contributed by atoms with E-state index in [-0.39, 0.29) is 17.1 Å². The molecule has 2 aromatic heterocycles. The van der Waals surface area contributed by atoms with E-state index in [1.54, 1.807) is 26.2 Å². The van der Waals surface area contributed by atoms with Gasteiger partial charge in [0.1, 0.15) is 10.7 Å². The van der Waals surface area contributed by atoms with Crippen molar-refractivity contribution in [2.75, 3.05) is 0 Å². The molecule has 1 aliphatic carbocycles. The predicted molar refractivity (Wildman–Crippen MR) is 97.4 cm³/mol. The lowest BCUT2D eigenvalue weighted by molar-refractivity contribution is -0.215. The van der Waals surface area contributed by atoms with Crippen LogP contribution in [0.4, 0.5) is 0 Å². The number of rotatable bonds is 3. The van der Waals surface area contributed by atoms with Crippen LogP contribution in [-0.2, 0) is 4.74 Å². The van der Waals surface area contributed by atoms with Gasteiger partial charge in [0.25, 0.3) is 0 Å². The Morgan fingerprint density at radius 1 is 1.36 bits per heavy atom. The largest absolute Gasteiger partial charge is 0.366 e. The second kappa shape index (κ2) is 7.88. The summed E-state index contributed by atoms with van der Waals surface area (Å²) in [6.45, 7) is 7.10. The van der Waals surface area contributed by atoms with Crippen molar-refractivity contribution < 1.29 is 9.84 Å². The summed E-state index contributed by atoms with van der Waals surface area (Å²) in [6, 6.07) is 3.63. The molecule has 6 nitrogen and oxygen atoms in total. The number of ether oxygens (including phenoxy) is 1. The van der Waals surface area contributed by atoms with Gasteiger partial charge >= 0.3 is 0 Å². The van der Waals surface area contributed by atoms with Crippen LogP contribution < -0.4 is 0 Å². The fraction of sp³-hybridized carbons (Fsp3) is 0.588. The van der Waals surface area contributed by atoms with E-state index >= 15 is 0 Å². The topological polar surface area (TPSA) is 84.0 Å². The van der Waals surface area contributed by atoms with Crippen molar-refractivity contribution in [3.05, 3.63) is 22.6 Å². The van der Waals surface area contributed by atoms with Crippen LogP contribution in [0.3, 0.4) is 0 Å². The molecule has 0 amide bonds. The van der Waals surface area contributed by atoms with E-state index in [1.807, 2.05) is 18.4 Å². The molecule has 0 aromatic carbocycles. The summed E-state index contributed by atoms with van der Waals surface area (Å²) in [5, 5.41) is 20.1. The fourth-order valence-electron chi connectivity index (χ4n) is 3.06. The van der Waals surface area contributed by atoms with Crippen LogP contribution in [0.2, 0.25) is 10.2 Å². The third-order valence-electron chi connectivity index (χ3n) is 3.95. The Kier molecular flexibility index (Phi) is 6.28. The minimum absolute atomic E-state index is 0.168. The van der Waals surface area contributed by atoms with Crippen molar-refractivity contribution in [1.29, 1.82) is 5.26 Å². The number of nitrogens with zero attached hydrogens (tertiary/aromatic N) is 4. The average molecular weight is 385 g/mol. The number of fused-ring (bicyclic) bond motifs is 1. The second-order valence-corrected chi connectivity index (χ2v) is 6.95. The molecule has 2 aromatic rings. The van der Waals surface area contributed by atoms with Crippen LogP contribution in [0.5, 0.6) is 0 Å².